The van der Waals surface area contributed by atoms with Crippen LogP contribution in [0.2, 0.25) is 0 Å². The van der Waals surface area contributed by atoms with Crippen LogP contribution in [0.15, 0.2) is 0 Å². The molecule has 0 aromatic heterocycles. The van der Waals surface area contributed by atoms with Crippen LogP contribution in [-0.4, -0.2) is 35.5 Å². The monoisotopic (exact) mass is 244 g/mol. The van der Waals surface area contributed by atoms with Crippen molar-refractivity contribution in [2.24, 2.45) is 0 Å². The van der Waals surface area contributed by atoms with Crippen molar-refractivity contribution in [1.29, 1.82) is 0 Å². The van der Waals surface area contributed by atoms with Gasteiger partial charge in [-0.05, 0) is 32.4 Å². The van der Waals surface area contributed by atoms with E-state index in [9.17, 15) is 4.79 Å². The molecule has 0 aromatic rings. The van der Waals surface area contributed by atoms with E-state index in [-0.39, 0.29) is 10.7 Å². The zero-order valence-corrected chi connectivity index (χ0v) is 11.5. The molecule has 0 spiro atoms. The molecule has 1 saturated heterocycles. The van der Waals surface area contributed by atoms with Gasteiger partial charge in [-0.2, -0.15) is 0 Å². The molecule has 0 bridgehead atoms. The summed E-state index contributed by atoms with van der Waals surface area (Å²) in [4.78, 5) is 11.7. The van der Waals surface area contributed by atoms with Gasteiger partial charge in [0.15, 0.2) is 0 Å². The smallest absolute Gasteiger partial charge is 0.230 e. The summed E-state index contributed by atoms with van der Waals surface area (Å²) in [7, 11) is 0. The van der Waals surface area contributed by atoms with E-state index in [1.807, 2.05) is 0 Å². The molecule has 1 aliphatic rings. The molecule has 1 aliphatic heterocycles. The Morgan fingerprint density at radius 3 is 2.81 bits per heavy atom. The Morgan fingerprint density at radius 2 is 2.12 bits per heavy atom. The van der Waals surface area contributed by atoms with Gasteiger partial charge in [-0.1, -0.05) is 20.8 Å². The molecule has 1 rings (SSSR count). The van der Waals surface area contributed by atoms with E-state index in [1.165, 1.54) is 0 Å². The molecular formula is C12H24N2OS. The highest BCUT2D eigenvalue weighted by molar-refractivity contribution is 8.01. The van der Waals surface area contributed by atoms with E-state index < -0.39 is 0 Å². The predicted molar refractivity (Wildman–Crippen MR) is 70.9 cm³/mol. The zero-order chi connectivity index (χ0) is 12.0. The van der Waals surface area contributed by atoms with E-state index in [0.717, 1.165) is 32.4 Å². The highest BCUT2D eigenvalue weighted by Crippen LogP contribution is 2.22. The summed E-state index contributed by atoms with van der Waals surface area (Å²) in [6.45, 7) is 8.53. The van der Waals surface area contributed by atoms with Crippen molar-refractivity contribution in [3.05, 3.63) is 0 Å². The number of nitrogens with one attached hydrogen (secondary N) is 2. The van der Waals surface area contributed by atoms with Crippen molar-refractivity contribution < 1.29 is 4.79 Å². The summed E-state index contributed by atoms with van der Waals surface area (Å²) in [5.74, 6) is 0.764. The Hall–Kier alpha value is -0.220. The van der Waals surface area contributed by atoms with Crippen LogP contribution in [0.4, 0.5) is 0 Å². The second-order valence-corrected chi connectivity index (χ2v) is 7.15. The van der Waals surface area contributed by atoms with Crippen LogP contribution in [0.1, 0.15) is 40.0 Å². The van der Waals surface area contributed by atoms with Crippen LogP contribution >= 0.6 is 11.8 Å². The summed E-state index contributed by atoms with van der Waals surface area (Å²) >= 11 is 1.71. The molecule has 1 unspecified atom stereocenters. The van der Waals surface area contributed by atoms with Gasteiger partial charge in [-0.3, -0.25) is 4.79 Å². The third-order valence-electron chi connectivity index (χ3n) is 2.58. The first kappa shape index (κ1) is 13.8. The largest absolute Gasteiger partial charge is 0.353 e. The Kier molecular flexibility index (Phi) is 5.62. The van der Waals surface area contributed by atoms with Gasteiger partial charge in [0.1, 0.15) is 0 Å². The Labute approximate surface area is 103 Å². The van der Waals surface area contributed by atoms with Crippen molar-refractivity contribution in [1.82, 2.24) is 10.6 Å². The number of thioether (sulfide) groups is 1. The Morgan fingerprint density at radius 1 is 1.38 bits per heavy atom. The van der Waals surface area contributed by atoms with Crippen LogP contribution in [0.25, 0.3) is 0 Å². The molecule has 0 saturated carbocycles. The molecule has 3 nitrogen and oxygen atoms in total. The van der Waals surface area contributed by atoms with Gasteiger partial charge in [0, 0.05) is 10.8 Å². The lowest BCUT2D eigenvalue weighted by Gasteiger charge is -2.19. The van der Waals surface area contributed by atoms with Gasteiger partial charge >= 0.3 is 0 Å². The van der Waals surface area contributed by atoms with Gasteiger partial charge in [-0.15, -0.1) is 11.8 Å². The maximum atomic E-state index is 11.7. The van der Waals surface area contributed by atoms with Crippen molar-refractivity contribution in [2.45, 2.75) is 50.8 Å². The molecule has 1 amide bonds. The first-order valence-corrected chi connectivity index (χ1v) is 7.10. The molecule has 4 heteroatoms. The second kappa shape index (κ2) is 6.50. The van der Waals surface area contributed by atoms with Crippen molar-refractivity contribution in [3.8, 4) is 0 Å². The van der Waals surface area contributed by atoms with Crippen molar-refractivity contribution in [2.75, 3.05) is 18.8 Å². The fourth-order valence-electron chi connectivity index (χ4n) is 1.71. The highest BCUT2D eigenvalue weighted by Gasteiger charge is 2.17. The summed E-state index contributed by atoms with van der Waals surface area (Å²) in [5.41, 5.74) is 0. The minimum absolute atomic E-state index is 0.169. The summed E-state index contributed by atoms with van der Waals surface area (Å²) in [6, 6.07) is 0.378. The molecule has 0 aliphatic carbocycles. The first-order chi connectivity index (χ1) is 7.47. The third-order valence-corrected chi connectivity index (χ3v) is 3.85. The second-order valence-electron chi connectivity index (χ2n) is 5.35. The van der Waals surface area contributed by atoms with Crippen LogP contribution in [0, 0.1) is 0 Å². The van der Waals surface area contributed by atoms with Crippen molar-refractivity contribution >= 4 is 17.7 Å². The molecule has 2 N–H and O–H groups in total. The molecule has 16 heavy (non-hydrogen) atoms. The van der Waals surface area contributed by atoms with Gasteiger partial charge in [-0.25, -0.2) is 0 Å². The average molecular weight is 244 g/mol. The van der Waals surface area contributed by atoms with Crippen LogP contribution in [0.5, 0.6) is 0 Å². The summed E-state index contributed by atoms with van der Waals surface area (Å²) in [5, 5.41) is 6.48. The van der Waals surface area contributed by atoms with Crippen molar-refractivity contribution in [3.63, 3.8) is 0 Å². The number of hydrogen-bond donors (Lipinski definition) is 2. The number of rotatable bonds is 3. The lowest BCUT2D eigenvalue weighted by molar-refractivity contribution is -0.119. The van der Waals surface area contributed by atoms with Crippen LogP contribution in [-0.2, 0) is 4.79 Å². The van der Waals surface area contributed by atoms with Crippen LogP contribution in [0.3, 0.4) is 0 Å². The first-order valence-electron chi connectivity index (χ1n) is 6.11. The molecule has 0 radical (unpaired) electrons. The lowest BCUT2D eigenvalue weighted by atomic mass is 10.1. The maximum absolute atomic E-state index is 11.7. The van der Waals surface area contributed by atoms with Gasteiger partial charge < -0.3 is 10.6 Å². The molecule has 1 heterocycles. The highest BCUT2D eigenvalue weighted by atomic mass is 32.2. The molecule has 1 fully saturated rings. The van der Waals surface area contributed by atoms with E-state index in [0.29, 0.717) is 11.8 Å². The predicted octanol–water partition coefficient (Wildman–Crippen LogP) is 1.78. The molecule has 1 atom stereocenters. The topological polar surface area (TPSA) is 41.1 Å². The van der Waals surface area contributed by atoms with Crippen LogP contribution < -0.4 is 10.6 Å². The molecule has 0 aromatic carbocycles. The quantitative estimate of drug-likeness (QED) is 0.795. The SMILES string of the molecule is CC(C)(C)SCC(=O)NC1CCCNCC1. The number of amides is 1. The number of carbonyl (C=O) groups excluding carboxylic acids is 1. The standard InChI is InChI=1S/C12H24N2OS/c1-12(2,3)16-9-11(15)14-10-5-4-7-13-8-6-10/h10,13H,4-9H2,1-3H3,(H,14,15). The minimum atomic E-state index is 0.169. The fourth-order valence-corrected chi connectivity index (χ4v) is 2.36. The molecule has 94 valence electrons. The van der Waals surface area contributed by atoms with Gasteiger partial charge in [0.2, 0.25) is 5.91 Å². The van der Waals surface area contributed by atoms with E-state index in [2.05, 4.69) is 31.4 Å². The third kappa shape index (κ3) is 6.38. The Balaban J connectivity index is 2.22. The number of hydrogen-bond acceptors (Lipinski definition) is 3. The minimum Gasteiger partial charge on any atom is -0.353 e. The van der Waals surface area contributed by atoms with E-state index in [4.69, 9.17) is 0 Å². The maximum Gasteiger partial charge on any atom is 0.230 e. The van der Waals surface area contributed by atoms with Gasteiger partial charge in [0.05, 0.1) is 5.75 Å². The fraction of sp³-hybridized carbons (Fsp3) is 0.917. The summed E-state index contributed by atoms with van der Waals surface area (Å²) < 4.78 is 0.169. The zero-order valence-electron chi connectivity index (χ0n) is 10.6. The van der Waals surface area contributed by atoms with E-state index in [1.54, 1.807) is 11.8 Å². The number of carbonyl (C=O) groups is 1. The Bertz CT molecular complexity index is 218. The average Bonchev–Trinajstić information content (AvgIpc) is 2.42. The normalized spacial score (nSPS) is 22.6. The van der Waals surface area contributed by atoms with E-state index >= 15 is 0 Å². The lowest BCUT2D eigenvalue weighted by Crippen LogP contribution is -2.37. The van der Waals surface area contributed by atoms with Gasteiger partial charge in [0.25, 0.3) is 0 Å². The summed E-state index contributed by atoms with van der Waals surface area (Å²) in [6.07, 6.45) is 3.34. The molecular weight excluding hydrogens is 220 g/mol.